The van der Waals surface area contributed by atoms with E-state index in [1.807, 2.05) is 11.3 Å². The van der Waals surface area contributed by atoms with E-state index >= 15 is 0 Å². The van der Waals surface area contributed by atoms with E-state index in [1.165, 1.54) is 46.4 Å². The predicted molar refractivity (Wildman–Crippen MR) is 120 cm³/mol. The molecular weight excluding hydrogens is 360 g/mol. The first-order valence-electron chi connectivity index (χ1n) is 10.5. The van der Waals surface area contributed by atoms with Crippen LogP contribution in [0.5, 0.6) is 0 Å². The summed E-state index contributed by atoms with van der Waals surface area (Å²) in [4.78, 5) is 4.10. The Balaban J connectivity index is 1.47. The van der Waals surface area contributed by atoms with Gasteiger partial charge in [-0.25, -0.2) is 0 Å². The molecule has 1 aromatic carbocycles. The molecule has 1 aromatic heterocycles. The van der Waals surface area contributed by atoms with E-state index < -0.39 is 0 Å². The van der Waals surface area contributed by atoms with Gasteiger partial charge in [0.2, 0.25) is 0 Å². The molecule has 2 nitrogen and oxygen atoms in total. The molecule has 3 aliphatic rings. The normalized spacial score (nSPS) is 23.5. The van der Waals surface area contributed by atoms with Crippen molar-refractivity contribution in [1.82, 2.24) is 4.90 Å². The highest BCUT2D eigenvalue weighted by Crippen LogP contribution is 2.48. The summed E-state index contributed by atoms with van der Waals surface area (Å²) in [7, 11) is 0. The van der Waals surface area contributed by atoms with E-state index in [0.29, 0.717) is 11.8 Å². The number of hydrogen-bond acceptors (Lipinski definition) is 3. The lowest BCUT2D eigenvalue weighted by Gasteiger charge is -2.34. The smallest absolute Gasteiger partial charge is 0.0936 e. The predicted octanol–water partition coefficient (Wildman–Crippen LogP) is 6.13. The second kappa shape index (κ2) is 7.38. The summed E-state index contributed by atoms with van der Waals surface area (Å²) < 4.78 is 0. The number of thiophene rings is 1. The van der Waals surface area contributed by atoms with Crippen LogP contribution in [0.25, 0.3) is 6.08 Å². The van der Waals surface area contributed by atoms with Gasteiger partial charge >= 0.3 is 0 Å². The summed E-state index contributed by atoms with van der Waals surface area (Å²) in [5, 5.41) is 1.00. The fourth-order valence-electron chi connectivity index (χ4n) is 5.09. The highest BCUT2D eigenvalue weighted by Gasteiger charge is 2.35. The van der Waals surface area contributed by atoms with Gasteiger partial charge in [-0.1, -0.05) is 67.5 Å². The lowest BCUT2D eigenvalue weighted by Crippen LogP contribution is -2.33. The average molecular weight is 389 g/mol. The van der Waals surface area contributed by atoms with Crippen LogP contribution in [0.2, 0.25) is 0 Å². The number of benzene rings is 1. The molecule has 0 fully saturated rings. The summed E-state index contributed by atoms with van der Waals surface area (Å²) in [6.07, 6.45) is 13.2. The first kappa shape index (κ1) is 18.0. The minimum absolute atomic E-state index is 0.526. The quantitative estimate of drug-likeness (QED) is 0.683. The Hall–Kier alpha value is -2.10. The molecule has 144 valence electrons. The third kappa shape index (κ3) is 3.27. The Kier molecular flexibility index (Phi) is 4.73. The van der Waals surface area contributed by atoms with Crippen LogP contribution >= 0.6 is 11.3 Å². The zero-order chi connectivity index (χ0) is 19.1. The van der Waals surface area contributed by atoms with E-state index in [9.17, 15) is 0 Å². The topological polar surface area (TPSA) is 29.3 Å². The van der Waals surface area contributed by atoms with Gasteiger partial charge in [0.1, 0.15) is 0 Å². The number of nitrogens with two attached hydrogens (primary N) is 1. The van der Waals surface area contributed by atoms with E-state index in [1.54, 1.807) is 5.56 Å². The number of nitrogens with zero attached hydrogens (tertiary/aromatic N) is 1. The Morgan fingerprint density at radius 1 is 1.18 bits per heavy atom. The number of rotatable bonds is 4. The standard InChI is InChI=1S/C25H28N2S/c1-2-6-17-9-10-19-13-22-24-21(12-20(19)11-17)15-27(16-23(24)28-25(22)26)14-18-7-4-3-5-8-18/h3-5,7-11,13,20-21H,2,6,12,14-16,26H2,1H3. The number of fused-ring (bicyclic) bond motifs is 1. The molecule has 2 unspecified atom stereocenters. The summed E-state index contributed by atoms with van der Waals surface area (Å²) in [5.41, 5.74) is 13.7. The highest BCUT2D eigenvalue weighted by atomic mass is 32.1. The molecule has 0 amide bonds. The number of allylic oxidation sites excluding steroid dienone is 5. The van der Waals surface area contributed by atoms with Crippen molar-refractivity contribution in [3.05, 3.63) is 81.3 Å². The van der Waals surface area contributed by atoms with Crippen LogP contribution in [-0.4, -0.2) is 11.4 Å². The van der Waals surface area contributed by atoms with Crippen molar-refractivity contribution in [2.75, 3.05) is 12.3 Å². The van der Waals surface area contributed by atoms with Crippen molar-refractivity contribution < 1.29 is 0 Å². The zero-order valence-corrected chi connectivity index (χ0v) is 17.3. The summed E-state index contributed by atoms with van der Waals surface area (Å²) >= 11 is 1.81. The van der Waals surface area contributed by atoms with Gasteiger partial charge in [0.15, 0.2) is 0 Å². The van der Waals surface area contributed by atoms with Crippen molar-refractivity contribution in [2.45, 2.75) is 45.2 Å². The van der Waals surface area contributed by atoms with E-state index in [0.717, 1.165) is 24.6 Å². The van der Waals surface area contributed by atoms with Crippen molar-refractivity contribution >= 4 is 22.4 Å². The fraction of sp³-hybridized carbons (Fsp3) is 0.360. The Morgan fingerprint density at radius 2 is 2.04 bits per heavy atom. The zero-order valence-electron chi connectivity index (χ0n) is 16.5. The SMILES string of the molecule is CCCC1=CC2CC3CN(Cc4ccccc4)Cc4sc(N)c(c43)C=C2C=C1. The fourth-order valence-corrected chi connectivity index (χ4v) is 6.27. The van der Waals surface area contributed by atoms with Gasteiger partial charge in [0.05, 0.1) is 5.00 Å². The van der Waals surface area contributed by atoms with Gasteiger partial charge in [-0.05, 0) is 41.5 Å². The molecule has 2 heterocycles. The Morgan fingerprint density at radius 3 is 2.86 bits per heavy atom. The largest absolute Gasteiger partial charge is 0.390 e. The van der Waals surface area contributed by atoms with Crippen LogP contribution in [0.1, 0.15) is 53.7 Å². The first-order valence-corrected chi connectivity index (χ1v) is 11.3. The molecule has 2 atom stereocenters. The molecule has 28 heavy (non-hydrogen) atoms. The van der Waals surface area contributed by atoms with Crippen LogP contribution in [0.15, 0.2) is 59.7 Å². The Labute approximate surface area is 172 Å². The summed E-state index contributed by atoms with van der Waals surface area (Å²) in [6.45, 7) is 5.44. The number of hydrogen-bond donors (Lipinski definition) is 1. The second-order valence-electron chi connectivity index (χ2n) is 8.38. The maximum Gasteiger partial charge on any atom is 0.0936 e. The molecule has 3 heteroatoms. The molecule has 2 N–H and O–H groups in total. The molecule has 1 aliphatic heterocycles. The van der Waals surface area contributed by atoms with Gasteiger partial charge < -0.3 is 5.73 Å². The van der Waals surface area contributed by atoms with Crippen LogP contribution in [0, 0.1) is 5.92 Å². The molecule has 2 aliphatic carbocycles. The van der Waals surface area contributed by atoms with Crippen molar-refractivity contribution in [1.29, 1.82) is 0 Å². The number of anilines is 1. The van der Waals surface area contributed by atoms with Crippen LogP contribution < -0.4 is 5.73 Å². The Bertz CT molecular complexity index is 964. The maximum atomic E-state index is 6.51. The minimum atomic E-state index is 0.526. The van der Waals surface area contributed by atoms with Crippen LogP contribution in [0.3, 0.4) is 0 Å². The molecule has 5 rings (SSSR count). The van der Waals surface area contributed by atoms with Crippen molar-refractivity contribution in [3.8, 4) is 0 Å². The molecule has 0 saturated heterocycles. The van der Waals surface area contributed by atoms with Crippen LogP contribution in [-0.2, 0) is 13.1 Å². The van der Waals surface area contributed by atoms with Gasteiger partial charge in [-0.15, -0.1) is 11.3 Å². The third-order valence-corrected chi connectivity index (χ3v) is 7.35. The van der Waals surface area contributed by atoms with Crippen molar-refractivity contribution in [2.24, 2.45) is 5.92 Å². The number of nitrogen functional groups attached to an aromatic ring is 1. The first-order chi connectivity index (χ1) is 13.7. The van der Waals surface area contributed by atoms with Gasteiger partial charge in [-0.2, -0.15) is 0 Å². The summed E-state index contributed by atoms with van der Waals surface area (Å²) in [5.74, 6) is 1.10. The third-order valence-electron chi connectivity index (χ3n) is 6.31. The highest BCUT2D eigenvalue weighted by molar-refractivity contribution is 7.16. The maximum absolute atomic E-state index is 6.51. The van der Waals surface area contributed by atoms with Crippen LogP contribution in [0.4, 0.5) is 5.00 Å². The van der Waals surface area contributed by atoms with Gasteiger partial charge in [-0.3, -0.25) is 4.90 Å². The molecular formula is C25H28N2S. The molecule has 2 aromatic rings. The lowest BCUT2D eigenvalue weighted by atomic mass is 9.82. The molecule has 0 radical (unpaired) electrons. The monoisotopic (exact) mass is 388 g/mol. The second-order valence-corrected chi connectivity index (χ2v) is 9.52. The minimum Gasteiger partial charge on any atom is -0.390 e. The van der Waals surface area contributed by atoms with E-state index in [-0.39, 0.29) is 0 Å². The molecule has 0 bridgehead atoms. The van der Waals surface area contributed by atoms with Crippen molar-refractivity contribution in [3.63, 3.8) is 0 Å². The summed E-state index contributed by atoms with van der Waals surface area (Å²) in [6, 6.07) is 10.9. The average Bonchev–Trinajstić information content (AvgIpc) is 2.90. The van der Waals surface area contributed by atoms with E-state index in [4.69, 9.17) is 5.73 Å². The van der Waals surface area contributed by atoms with Gasteiger partial charge in [0.25, 0.3) is 0 Å². The molecule has 0 spiro atoms. The van der Waals surface area contributed by atoms with E-state index in [2.05, 4.69) is 66.5 Å². The molecule has 0 saturated carbocycles. The van der Waals surface area contributed by atoms with Gasteiger partial charge in [0, 0.05) is 36.0 Å². The lowest BCUT2D eigenvalue weighted by molar-refractivity contribution is 0.217.